The number of nitrogens with one attached hydrogen (secondary N) is 2. The number of alkyl carbamates (subject to hydrolysis) is 1. The van der Waals surface area contributed by atoms with E-state index in [4.69, 9.17) is 23.7 Å². The molecule has 11 atom stereocenters. The number of hydrogen-bond donors (Lipinski definition) is 6. The lowest BCUT2D eigenvalue weighted by Crippen LogP contribution is -2.64. The first-order valence-corrected chi connectivity index (χ1v) is 14.8. The Morgan fingerprint density at radius 1 is 1.14 bits per heavy atom. The van der Waals surface area contributed by atoms with E-state index in [9.17, 15) is 30.0 Å². The van der Waals surface area contributed by atoms with E-state index in [1.807, 2.05) is 26.8 Å². The first kappa shape index (κ1) is 34.5. The Balaban J connectivity index is 1.73. The Hall–Kier alpha value is -2.00. The summed E-state index contributed by atoms with van der Waals surface area (Å²) in [6.07, 6.45) is -4.70. The second kappa shape index (κ2) is 14.2. The number of amides is 2. The van der Waals surface area contributed by atoms with E-state index in [1.54, 1.807) is 20.8 Å². The van der Waals surface area contributed by atoms with Crippen LogP contribution in [0.15, 0.2) is 11.8 Å². The summed E-state index contributed by atoms with van der Waals surface area (Å²) in [7, 11) is 0. The third kappa shape index (κ3) is 9.50. The van der Waals surface area contributed by atoms with Crippen molar-refractivity contribution in [2.45, 2.75) is 134 Å². The van der Waals surface area contributed by atoms with Crippen molar-refractivity contribution in [1.82, 2.24) is 10.6 Å². The number of aliphatic hydroxyl groups is 4. The molecule has 13 nitrogen and oxygen atoms in total. The number of carbonyl (C=O) groups excluding carboxylic acids is 2. The minimum atomic E-state index is -1.61. The fraction of sp³-hybridized carbons (Fsp3) is 0.862. The van der Waals surface area contributed by atoms with Gasteiger partial charge in [0.05, 0.1) is 36.7 Å². The second-order valence-corrected chi connectivity index (χ2v) is 13.1. The monoisotopic (exact) mass is 602 g/mol. The molecule has 2 amide bonds. The molecule has 11 unspecified atom stereocenters. The Labute approximate surface area is 247 Å². The van der Waals surface area contributed by atoms with Crippen LogP contribution in [0.4, 0.5) is 4.79 Å². The van der Waals surface area contributed by atoms with Crippen molar-refractivity contribution in [3.05, 3.63) is 11.8 Å². The summed E-state index contributed by atoms with van der Waals surface area (Å²) < 4.78 is 29.2. The summed E-state index contributed by atoms with van der Waals surface area (Å²) in [5.41, 5.74) is -1.99. The molecule has 242 valence electrons. The fourth-order valence-electron chi connectivity index (χ4n) is 5.38. The van der Waals surface area contributed by atoms with Gasteiger partial charge in [-0.1, -0.05) is 20.8 Å². The van der Waals surface area contributed by atoms with Crippen molar-refractivity contribution in [2.24, 2.45) is 11.8 Å². The number of hydrogen-bond acceptors (Lipinski definition) is 11. The lowest BCUT2D eigenvalue weighted by Gasteiger charge is -2.47. The predicted octanol–water partition coefficient (Wildman–Crippen LogP) is 1.06. The highest BCUT2D eigenvalue weighted by molar-refractivity contribution is 5.81. The lowest BCUT2D eigenvalue weighted by molar-refractivity contribution is -0.301. The number of carbonyl (C=O) groups is 2. The number of allylic oxidation sites excluding steroid dienone is 2. The number of aliphatic hydroxyl groups excluding tert-OH is 3. The highest BCUT2D eigenvalue weighted by atomic mass is 16.7. The van der Waals surface area contributed by atoms with Crippen LogP contribution in [0, 0.1) is 11.8 Å². The van der Waals surface area contributed by atoms with Gasteiger partial charge in [-0.05, 0) is 52.5 Å². The van der Waals surface area contributed by atoms with E-state index in [0.717, 1.165) is 12.2 Å². The van der Waals surface area contributed by atoms with E-state index in [0.29, 0.717) is 12.8 Å². The maximum Gasteiger partial charge on any atom is 0.407 e. The van der Waals surface area contributed by atoms with Gasteiger partial charge in [0, 0.05) is 18.8 Å². The van der Waals surface area contributed by atoms with Gasteiger partial charge in [0.1, 0.15) is 30.0 Å². The van der Waals surface area contributed by atoms with Crippen LogP contribution in [0.5, 0.6) is 0 Å². The molecular formula is C29H50N2O11. The third-order valence-electron chi connectivity index (χ3n) is 7.63. The molecule has 2 heterocycles. The van der Waals surface area contributed by atoms with Gasteiger partial charge in [0.25, 0.3) is 5.91 Å². The summed E-state index contributed by atoms with van der Waals surface area (Å²) in [6.45, 7) is 12.0. The molecule has 13 heteroatoms. The first-order chi connectivity index (χ1) is 19.5. The van der Waals surface area contributed by atoms with Crippen LogP contribution in [0.1, 0.15) is 74.1 Å². The van der Waals surface area contributed by atoms with Gasteiger partial charge < -0.3 is 54.7 Å². The van der Waals surface area contributed by atoms with E-state index in [1.165, 1.54) is 6.92 Å². The van der Waals surface area contributed by atoms with Crippen molar-refractivity contribution in [2.75, 3.05) is 13.2 Å². The number of ether oxygens (including phenoxy) is 5. The molecule has 1 saturated heterocycles. The minimum Gasteiger partial charge on any atom is -0.469 e. The van der Waals surface area contributed by atoms with Gasteiger partial charge in [-0.25, -0.2) is 4.79 Å². The summed E-state index contributed by atoms with van der Waals surface area (Å²) in [5.74, 6) is -0.214. The van der Waals surface area contributed by atoms with Crippen molar-refractivity contribution >= 4 is 12.0 Å². The van der Waals surface area contributed by atoms with Crippen LogP contribution in [-0.4, -0.2) is 106 Å². The fourth-order valence-corrected chi connectivity index (χ4v) is 5.38. The quantitative estimate of drug-likeness (QED) is 0.222. The standard InChI is InChI=1S/C29H50N2O11/c1-8-17-10-9-15(2)25(39-17)40-22-16(3)11-18(31-24(35)20(33)13-30-27(36)42-28(4,5)6)23(21(22)34)41-26-19(32)12-29(7,37)14-38-26/h10,15-16,18-23,25-26,32-34,37H,8-9,11-14H2,1-7H3,(H,30,36)(H,31,35). The molecule has 3 aliphatic rings. The molecule has 2 aliphatic heterocycles. The number of rotatable bonds is 9. The average Bonchev–Trinajstić information content (AvgIpc) is 2.88. The Kier molecular flexibility index (Phi) is 11.7. The summed E-state index contributed by atoms with van der Waals surface area (Å²) in [4.78, 5) is 24.9. The van der Waals surface area contributed by atoms with Gasteiger partial charge >= 0.3 is 6.09 Å². The molecule has 0 aromatic carbocycles. The van der Waals surface area contributed by atoms with Crippen molar-refractivity contribution in [3.8, 4) is 0 Å². The van der Waals surface area contributed by atoms with E-state index < -0.39 is 78.9 Å². The normalized spacial score (nSPS) is 38.1. The molecular weight excluding hydrogens is 552 g/mol. The van der Waals surface area contributed by atoms with Crippen molar-refractivity contribution in [1.29, 1.82) is 0 Å². The molecule has 0 radical (unpaired) electrons. The molecule has 0 spiro atoms. The first-order valence-electron chi connectivity index (χ1n) is 14.8. The zero-order chi connectivity index (χ0) is 31.4. The van der Waals surface area contributed by atoms with Gasteiger partial charge in [-0.15, -0.1) is 0 Å². The molecule has 3 rings (SSSR count). The lowest BCUT2D eigenvalue weighted by atomic mass is 9.79. The Bertz CT molecular complexity index is 952. The van der Waals surface area contributed by atoms with E-state index in [2.05, 4.69) is 10.6 Å². The molecule has 6 N–H and O–H groups in total. The zero-order valence-corrected chi connectivity index (χ0v) is 25.7. The zero-order valence-electron chi connectivity index (χ0n) is 25.7. The third-order valence-corrected chi connectivity index (χ3v) is 7.63. The molecule has 0 aromatic rings. The van der Waals surface area contributed by atoms with Gasteiger partial charge in [-0.2, -0.15) is 0 Å². The van der Waals surface area contributed by atoms with Gasteiger partial charge in [0.2, 0.25) is 6.29 Å². The summed E-state index contributed by atoms with van der Waals surface area (Å²) in [6, 6.07) is -0.812. The molecule has 1 aliphatic carbocycles. The van der Waals surface area contributed by atoms with Crippen molar-refractivity contribution in [3.63, 3.8) is 0 Å². The SMILES string of the molecule is CCC1=CCC(C)C(OC2C(C)CC(NC(=O)C(O)CNC(=O)OC(C)(C)C)C(OC3OCC(C)(O)CC3O)C2O)O1. The van der Waals surface area contributed by atoms with Gasteiger partial charge in [0.15, 0.2) is 6.29 Å². The van der Waals surface area contributed by atoms with Crippen LogP contribution in [0.2, 0.25) is 0 Å². The maximum atomic E-state index is 13.0. The maximum absolute atomic E-state index is 13.0. The molecule has 1 saturated carbocycles. The molecule has 2 fully saturated rings. The summed E-state index contributed by atoms with van der Waals surface area (Å²) in [5, 5.41) is 48.0. The predicted molar refractivity (Wildman–Crippen MR) is 150 cm³/mol. The second-order valence-electron chi connectivity index (χ2n) is 13.1. The van der Waals surface area contributed by atoms with Crippen LogP contribution < -0.4 is 10.6 Å². The average molecular weight is 603 g/mol. The topological polar surface area (TPSA) is 185 Å². The van der Waals surface area contributed by atoms with E-state index in [-0.39, 0.29) is 24.9 Å². The Morgan fingerprint density at radius 3 is 2.43 bits per heavy atom. The van der Waals surface area contributed by atoms with Crippen LogP contribution in [0.25, 0.3) is 0 Å². The smallest absolute Gasteiger partial charge is 0.407 e. The van der Waals surface area contributed by atoms with Crippen molar-refractivity contribution < 1.29 is 53.7 Å². The molecule has 0 bridgehead atoms. The minimum absolute atomic E-state index is 0.0115. The van der Waals surface area contributed by atoms with Crippen LogP contribution in [-0.2, 0) is 28.5 Å². The molecule has 42 heavy (non-hydrogen) atoms. The highest BCUT2D eigenvalue weighted by Crippen LogP contribution is 2.36. The Morgan fingerprint density at radius 2 is 1.81 bits per heavy atom. The van der Waals surface area contributed by atoms with Crippen LogP contribution in [0.3, 0.4) is 0 Å². The summed E-state index contributed by atoms with van der Waals surface area (Å²) >= 11 is 0. The largest absolute Gasteiger partial charge is 0.469 e. The van der Waals surface area contributed by atoms with E-state index >= 15 is 0 Å². The van der Waals surface area contributed by atoms with Crippen LogP contribution >= 0.6 is 0 Å². The highest BCUT2D eigenvalue weighted by Gasteiger charge is 2.49. The molecule has 0 aromatic heterocycles. The van der Waals surface area contributed by atoms with Gasteiger partial charge in [-0.3, -0.25) is 4.79 Å².